The van der Waals surface area contributed by atoms with Crippen molar-refractivity contribution in [3.63, 3.8) is 0 Å². The van der Waals surface area contributed by atoms with Crippen LogP contribution in [0.4, 0.5) is 8.78 Å². The van der Waals surface area contributed by atoms with E-state index in [1.807, 2.05) is 35.6 Å². The van der Waals surface area contributed by atoms with Crippen LogP contribution in [0.1, 0.15) is 5.56 Å². The Morgan fingerprint density at radius 2 is 2.08 bits per heavy atom. The average molecular weight is 284 g/mol. The fourth-order valence-electron chi connectivity index (χ4n) is 0.807. The van der Waals surface area contributed by atoms with Crippen molar-refractivity contribution in [3.8, 4) is 5.75 Å². The third-order valence-corrected chi connectivity index (χ3v) is 2.75. The highest BCUT2D eigenvalue weighted by atomic mass is 127. The molecule has 0 aliphatic rings. The van der Waals surface area contributed by atoms with Crippen molar-refractivity contribution < 1.29 is 13.5 Å². The van der Waals surface area contributed by atoms with Gasteiger partial charge in [-0.05, 0) is 41.1 Å². The third-order valence-electron chi connectivity index (χ3n) is 1.37. The lowest BCUT2D eigenvalue weighted by atomic mass is 10.2. The van der Waals surface area contributed by atoms with Gasteiger partial charge < -0.3 is 4.74 Å². The SMILES string of the molecule is Cc1cccc(OC(F)F)c1I. The fraction of sp³-hybridized carbons (Fsp3) is 0.250. The van der Waals surface area contributed by atoms with Crippen LogP contribution >= 0.6 is 22.6 Å². The number of aryl methyl sites for hydroxylation is 1. The molecule has 0 radical (unpaired) electrons. The van der Waals surface area contributed by atoms with Crippen LogP contribution in [-0.2, 0) is 0 Å². The smallest absolute Gasteiger partial charge is 0.387 e. The molecule has 12 heavy (non-hydrogen) atoms. The number of ether oxygens (including phenoxy) is 1. The Morgan fingerprint density at radius 3 is 2.67 bits per heavy atom. The maximum Gasteiger partial charge on any atom is 0.387 e. The summed E-state index contributed by atoms with van der Waals surface area (Å²) in [6.45, 7) is -0.902. The highest BCUT2D eigenvalue weighted by Gasteiger charge is 2.08. The van der Waals surface area contributed by atoms with Gasteiger partial charge in [-0.25, -0.2) is 0 Å². The number of alkyl halides is 2. The van der Waals surface area contributed by atoms with E-state index in [1.165, 1.54) is 6.07 Å². The van der Waals surface area contributed by atoms with Crippen molar-refractivity contribution in [1.82, 2.24) is 0 Å². The van der Waals surface area contributed by atoms with Crippen LogP contribution in [0.5, 0.6) is 5.75 Å². The molecule has 0 amide bonds. The van der Waals surface area contributed by atoms with Gasteiger partial charge in [0, 0.05) is 0 Å². The molecule has 1 aromatic rings. The van der Waals surface area contributed by atoms with Crippen molar-refractivity contribution >= 4 is 22.6 Å². The van der Waals surface area contributed by atoms with Crippen LogP contribution in [-0.4, -0.2) is 6.61 Å². The summed E-state index contributed by atoms with van der Waals surface area (Å²) >= 11 is 1.98. The molecule has 0 aliphatic carbocycles. The molecule has 0 atom stereocenters. The minimum Gasteiger partial charge on any atom is -0.434 e. The van der Waals surface area contributed by atoms with Gasteiger partial charge in [0.15, 0.2) is 0 Å². The molecule has 0 N–H and O–H groups in total. The molecule has 0 saturated heterocycles. The predicted molar refractivity (Wildman–Crippen MR) is 50.5 cm³/mol. The standard InChI is InChI=1S/C8H7F2IO/c1-5-3-2-4-6(7(5)11)12-8(9)10/h2-4,8H,1H3. The summed E-state index contributed by atoms with van der Waals surface area (Å²) < 4.78 is 28.6. The second kappa shape index (κ2) is 4.02. The van der Waals surface area contributed by atoms with Crippen molar-refractivity contribution in [2.75, 3.05) is 0 Å². The van der Waals surface area contributed by atoms with Gasteiger partial charge >= 0.3 is 6.61 Å². The summed E-state index contributed by atoms with van der Waals surface area (Å²) in [7, 11) is 0. The Labute approximate surface area is 82.9 Å². The van der Waals surface area contributed by atoms with E-state index in [0.717, 1.165) is 9.13 Å². The fourth-order valence-corrected chi connectivity index (χ4v) is 1.29. The molecule has 0 aliphatic heterocycles. The van der Waals surface area contributed by atoms with E-state index >= 15 is 0 Å². The van der Waals surface area contributed by atoms with E-state index in [2.05, 4.69) is 4.74 Å². The lowest BCUT2D eigenvalue weighted by Gasteiger charge is -2.07. The second-order valence-corrected chi connectivity index (χ2v) is 3.34. The molecule has 0 heterocycles. The number of hydrogen-bond acceptors (Lipinski definition) is 1. The van der Waals surface area contributed by atoms with Crippen LogP contribution in [0.15, 0.2) is 18.2 Å². The highest BCUT2D eigenvalue weighted by Crippen LogP contribution is 2.24. The van der Waals surface area contributed by atoms with E-state index < -0.39 is 6.61 Å². The first-order valence-corrected chi connectivity index (χ1v) is 4.39. The summed E-state index contributed by atoms with van der Waals surface area (Å²) in [6, 6.07) is 5.07. The van der Waals surface area contributed by atoms with Gasteiger partial charge in [0.2, 0.25) is 0 Å². The van der Waals surface area contributed by atoms with Gasteiger partial charge in [-0.1, -0.05) is 12.1 Å². The Bertz CT molecular complexity index is 276. The van der Waals surface area contributed by atoms with Crippen LogP contribution in [0.3, 0.4) is 0 Å². The van der Waals surface area contributed by atoms with Crippen LogP contribution < -0.4 is 4.74 Å². The summed E-state index contributed by atoms with van der Waals surface area (Å²) in [5.41, 5.74) is 0.939. The van der Waals surface area contributed by atoms with Crippen LogP contribution in [0, 0.1) is 10.5 Å². The van der Waals surface area contributed by atoms with Gasteiger partial charge in [-0.2, -0.15) is 8.78 Å². The lowest BCUT2D eigenvalue weighted by Crippen LogP contribution is -2.03. The average Bonchev–Trinajstić information content (AvgIpc) is 1.98. The van der Waals surface area contributed by atoms with Crippen molar-refractivity contribution in [1.29, 1.82) is 0 Å². The zero-order valence-corrected chi connectivity index (χ0v) is 8.51. The molecule has 4 heteroatoms. The van der Waals surface area contributed by atoms with Crippen molar-refractivity contribution in [3.05, 3.63) is 27.3 Å². The first kappa shape index (κ1) is 9.70. The van der Waals surface area contributed by atoms with E-state index in [4.69, 9.17) is 0 Å². The van der Waals surface area contributed by atoms with E-state index in [-0.39, 0.29) is 5.75 Å². The Balaban J connectivity index is 2.92. The minimum atomic E-state index is -2.75. The first-order chi connectivity index (χ1) is 5.61. The Hall–Kier alpha value is -0.390. The Kier molecular flexibility index (Phi) is 3.25. The third kappa shape index (κ3) is 2.30. The molecule has 1 aromatic carbocycles. The summed E-state index contributed by atoms with van der Waals surface area (Å²) in [4.78, 5) is 0. The molecule has 0 saturated carbocycles. The first-order valence-electron chi connectivity index (χ1n) is 3.31. The maximum atomic E-state index is 11.8. The van der Waals surface area contributed by atoms with Gasteiger partial charge in [-0.15, -0.1) is 0 Å². The van der Waals surface area contributed by atoms with Crippen molar-refractivity contribution in [2.24, 2.45) is 0 Å². The molecule has 0 fully saturated rings. The highest BCUT2D eigenvalue weighted by molar-refractivity contribution is 14.1. The zero-order chi connectivity index (χ0) is 9.14. The molecule has 66 valence electrons. The molecule has 0 bridgehead atoms. The van der Waals surface area contributed by atoms with Crippen LogP contribution in [0.2, 0.25) is 0 Å². The number of benzene rings is 1. The maximum absolute atomic E-state index is 11.8. The number of hydrogen-bond donors (Lipinski definition) is 0. The molecule has 0 spiro atoms. The molecule has 0 aromatic heterocycles. The minimum absolute atomic E-state index is 0.241. The number of rotatable bonds is 2. The second-order valence-electron chi connectivity index (χ2n) is 2.27. The van der Waals surface area contributed by atoms with Gasteiger partial charge in [0.1, 0.15) is 5.75 Å². The largest absolute Gasteiger partial charge is 0.434 e. The molecular weight excluding hydrogens is 277 g/mol. The molecular formula is C8H7F2IO. The normalized spacial score (nSPS) is 10.4. The molecule has 1 nitrogen and oxygen atoms in total. The Morgan fingerprint density at radius 1 is 1.42 bits per heavy atom. The van der Waals surface area contributed by atoms with E-state index in [9.17, 15) is 8.78 Å². The van der Waals surface area contributed by atoms with E-state index in [0.29, 0.717) is 0 Å². The topological polar surface area (TPSA) is 9.23 Å². The van der Waals surface area contributed by atoms with Gasteiger partial charge in [-0.3, -0.25) is 0 Å². The summed E-state index contributed by atoms with van der Waals surface area (Å²) in [6.07, 6.45) is 0. The summed E-state index contributed by atoms with van der Waals surface area (Å²) in [5, 5.41) is 0. The summed E-state index contributed by atoms with van der Waals surface area (Å²) in [5.74, 6) is 0.241. The number of halogens is 3. The molecule has 0 unspecified atom stereocenters. The zero-order valence-electron chi connectivity index (χ0n) is 6.35. The predicted octanol–water partition coefficient (Wildman–Crippen LogP) is 3.20. The van der Waals surface area contributed by atoms with Gasteiger partial charge in [0.25, 0.3) is 0 Å². The van der Waals surface area contributed by atoms with Crippen molar-refractivity contribution in [2.45, 2.75) is 13.5 Å². The quantitative estimate of drug-likeness (QED) is 0.758. The van der Waals surface area contributed by atoms with Crippen LogP contribution in [0.25, 0.3) is 0 Å². The monoisotopic (exact) mass is 284 g/mol. The lowest BCUT2D eigenvalue weighted by molar-refractivity contribution is -0.0504. The molecule has 1 rings (SSSR count). The van der Waals surface area contributed by atoms with Gasteiger partial charge in [0.05, 0.1) is 3.57 Å². The van der Waals surface area contributed by atoms with E-state index in [1.54, 1.807) is 6.07 Å².